The molecule has 1 atom stereocenters. The van der Waals surface area contributed by atoms with Crippen LogP contribution >= 0.6 is 11.8 Å². The molecule has 2 N–H and O–H groups in total. The number of aromatic nitrogens is 3. The van der Waals surface area contributed by atoms with E-state index in [1.165, 1.54) is 16.1 Å². The van der Waals surface area contributed by atoms with Crippen LogP contribution in [0.4, 0.5) is 0 Å². The predicted molar refractivity (Wildman–Crippen MR) is 150 cm³/mol. The average Bonchev–Trinajstić information content (AvgIpc) is 3.27. The van der Waals surface area contributed by atoms with Gasteiger partial charge in [-0.05, 0) is 42.0 Å². The summed E-state index contributed by atoms with van der Waals surface area (Å²) in [6.45, 7) is 14.6. The molecule has 1 aromatic heterocycles. The van der Waals surface area contributed by atoms with E-state index in [-0.39, 0.29) is 16.7 Å². The van der Waals surface area contributed by atoms with E-state index in [0.717, 1.165) is 16.8 Å². The number of rotatable bonds is 11. The van der Waals surface area contributed by atoms with Gasteiger partial charge in [-0.25, -0.2) is 8.42 Å². The Morgan fingerprint density at radius 2 is 1.54 bits per heavy atom. The molecule has 1 amide bonds. The topological polar surface area (TPSA) is 111 Å². The summed E-state index contributed by atoms with van der Waals surface area (Å²) in [5.74, 6) is 0.454. The lowest BCUT2D eigenvalue weighted by atomic mass is 9.92. The van der Waals surface area contributed by atoms with Crippen LogP contribution in [0.1, 0.15) is 71.4 Å². The molecular formula is C27H37N5O3S2. The first-order chi connectivity index (χ1) is 17.4. The molecule has 0 saturated carbocycles. The number of primary amides is 1. The van der Waals surface area contributed by atoms with Crippen molar-refractivity contribution in [3.8, 4) is 17.1 Å². The van der Waals surface area contributed by atoms with Gasteiger partial charge in [0.1, 0.15) is 0 Å². The summed E-state index contributed by atoms with van der Waals surface area (Å²) < 4.78 is 29.9. The highest BCUT2D eigenvalue weighted by molar-refractivity contribution is 8.00. The summed E-state index contributed by atoms with van der Waals surface area (Å²) in [7, 11) is -3.67. The van der Waals surface area contributed by atoms with Gasteiger partial charge >= 0.3 is 0 Å². The number of amides is 1. The second-order valence-corrected chi connectivity index (χ2v) is 12.8. The summed E-state index contributed by atoms with van der Waals surface area (Å²) in [5.41, 5.74) is 9.36. The Morgan fingerprint density at radius 1 is 0.973 bits per heavy atom. The SMILES string of the molecule is CCN(CC)S(=O)(=O)c1cccc(-c2nnc(SC(C)C(N)=O)n2-c2c(C(C)C)cccc2C(C)C)c1. The molecule has 1 unspecified atom stereocenters. The van der Waals surface area contributed by atoms with E-state index >= 15 is 0 Å². The van der Waals surface area contributed by atoms with Crippen molar-refractivity contribution in [2.24, 2.45) is 5.73 Å². The van der Waals surface area contributed by atoms with Crippen molar-refractivity contribution in [1.29, 1.82) is 0 Å². The maximum absolute atomic E-state index is 13.3. The second-order valence-electron chi connectivity index (χ2n) is 9.52. The Bertz CT molecular complexity index is 1340. The van der Waals surface area contributed by atoms with Crippen LogP contribution < -0.4 is 5.73 Å². The van der Waals surface area contributed by atoms with Crippen molar-refractivity contribution in [2.75, 3.05) is 13.1 Å². The van der Waals surface area contributed by atoms with E-state index in [1.807, 2.05) is 30.5 Å². The molecule has 0 aliphatic heterocycles. The Labute approximate surface area is 224 Å². The fourth-order valence-corrected chi connectivity index (χ4v) is 6.54. The first-order valence-corrected chi connectivity index (χ1v) is 14.9. The number of benzene rings is 2. The molecular weight excluding hydrogens is 506 g/mol. The third kappa shape index (κ3) is 5.91. The molecule has 0 bridgehead atoms. The van der Waals surface area contributed by atoms with E-state index < -0.39 is 21.2 Å². The number of para-hydroxylation sites is 1. The van der Waals surface area contributed by atoms with E-state index in [4.69, 9.17) is 5.73 Å². The van der Waals surface area contributed by atoms with Crippen molar-refractivity contribution >= 4 is 27.7 Å². The molecule has 0 aliphatic carbocycles. The maximum Gasteiger partial charge on any atom is 0.243 e. The lowest BCUT2D eigenvalue weighted by molar-refractivity contribution is -0.117. The van der Waals surface area contributed by atoms with Gasteiger partial charge in [-0.3, -0.25) is 9.36 Å². The molecule has 3 rings (SSSR count). The number of carbonyl (C=O) groups is 1. The van der Waals surface area contributed by atoms with Gasteiger partial charge in [-0.15, -0.1) is 10.2 Å². The number of thioether (sulfide) groups is 1. The summed E-state index contributed by atoms with van der Waals surface area (Å²) in [4.78, 5) is 12.1. The number of nitrogens with two attached hydrogens (primary N) is 1. The average molecular weight is 544 g/mol. The minimum Gasteiger partial charge on any atom is -0.369 e. The smallest absolute Gasteiger partial charge is 0.243 e. The molecule has 10 heteroatoms. The molecule has 0 radical (unpaired) electrons. The normalized spacial score (nSPS) is 13.0. The zero-order chi connectivity index (χ0) is 27.5. The van der Waals surface area contributed by atoms with Crippen LogP contribution in [0.5, 0.6) is 0 Å². The van der Waals surface area contributed by atoms with Crippen LogP contribution in [0.2, 0.25) is 0 Å². The van der Waals surface area contributed by atoms with Crippen LogP contribution in [-0.4, -0.2) is 51.7 Å². The number of sulfonamides is 1. The molecule has 0 aliphatic rings. The highest BCUT2D eigenvalue weighted by Gasteiger charge is 2.27. The van der Waals surface area contributed by atoms with E-state index in [2.05, 4.69) is 50.0 Å². The molecule has 1 heterocycles. The van der Waals surface area contributed by atoms with Gasteiger partial charge in [0.15, 0.2) is 11.0 Å². The highest BCUT2D eigenvalue weighted by Crippen LogP contribution is 2.38. The van der Waals surface area contributed by atoms with Crippen LogP contribution in [0.3, 0.4) is 0 Å². The third-order valence-corrected chi connectivity index (χ3v) is 9.42. The monoisotopic (exact) mass is 543 g/mol. The lowest BCUT2D eigenvalue weighted by Crippen LogP contribution is -2.30. The number of nitrogens with zero attached hydrogens (tertiary/aromatic N) is 4. The summed E-state index contributed by atoms with van der Waals surface area (Å²) in [6.07, 6.45) is 0. The summed E-state index contributed by atoms with van der Waals surface area (Å²) in [6, 6.07) is 13.0. The van der Waals surface area contributed by atoms with Crippen LogP contribution in [-0.2, 0) is 14.8 Å². The first kappa shape index (κ1) is 28.9. The van der Waals surface area contributed by atoms with E-state index in [9.17, 15) is 13.2 Å². The molecule has 0 fully saturated rings. The minimum absolute atomic E-state index is 0.198. The number of hydrogen-bond donors (Lipinski definition) is 1. The van der Waals surface area contributed by atoms with E-state index in [1.54, 1.807) is 25.1 Å². The highest BCUT2D eigenvalue weighted by atomic mass is 32.2. The molecule has 0 saturated heterocycles. The molecule has 37 heavy (non-hydrogen) atoms. The van der Waals surface area contributed by atoms with Crippen molar-refractivity contribution < 1.29 is 13.2 Å². The first-order valence-electron chi connectivity index (χ1n) is 12.6. The second kappa shape index (κ2) is 11.8. The van der Waals surface area contributed by atoms with Gasteiger partial charge in [0.25, 0.3) is 0 Å². The van der Waals surface area contributed by atoms with Gasteiger partial charge < -0.3 is 5.73 Å². The Hall–Kier alpha value is -2.69. The zero-order valence-electron chi connectivity index (χ0n) is 22.6. The van der Waals surface area contributed by atoms with Crippen LogP contribution in [0.15, 0.2) is 52.5 Å². The largest absolute Gasteiger partial charge is 0.369 e. The Kier molecular flexibility index (Phi) is 9.20. The van der Waals surface area contributed by atoms with Crippen LogP contribution in [0.25, 0.3) is 17.1 Å². The fourth-order valence-electron chi connectivity index (χ4n) is 4.23. The lowest BCUT2D eigenvalue weighted by Gasteiger charge is -2.23. The zero-order valence-corrected chi connectivity index (χ0v) is 24.2. The molecule has 8 nitrogen and oxygen atoms in total. The van der Waals surface area contributed by atoms with Gasteiger partial charge in [-0.2, -0.15) is 4.31 Å². The maximum atomic E-state index is 13.3. The molecule has 200 valence electrons. The van der Waals surface area contributed by atoms with Crippen molar-refractivity contribution in [3.63, 3.8) is 0 Å². The fraction of sp³-hybridized carbons (Fsp3) is 0.444. The molecule has 3 aromatic rings. The summed E-state index contributed by atoms with van der Waals surface area (Å²) in [5, 5.41) is 8.97. The molecule has 2 aromatic carbocycles. The van der Waals surface area contributed by atoms with Crippen molar-refractivity contribution in [1.82, 2.24) is 19.1 Å². The Morgan fingerprint density at radius 3 is 2.05 bits per heavy atom. The van der Waals surface area contributed by atoms with Crippen LogP contribution in [0, 0.1) is 0 Å². The van der Waals surface area contributed by atoms with Crippen molar-refractivity contribution in [2.45, 2.75) is 75.6 Å². The third-order valence-electron chi connectivity index (χ3n) is 6.32. The number of carbonyl (C=O) groups excluding carboxylic acids is 1. The van der Waals surface area contributed by atoms with Crippen molar-refractivity contribution in [3.05, 3.63) is 53.6 Å². The van der Waals surface area contributed by atoms with Gasteiger partial charge in [0.05, 0.1) is 15.8 Å². The predicted octanol–water partition coefficient (Wildman–Crippen LogP) is 5.18. The van der Waals surface area contributed by atoms with Gasteiger partial charge in [0, 0.05) is 18.7 Å². The summed E-state index contributed by atoms with van der Waals surface area (Å²) >= 11 is 1.24. The van der Waals surface area contributed by atoms with E-state index in [0.29, 0.717) is 29.6 Å². The minimum atomic E-state index is -3.67. The Balaban J connectivity index is 2.34. The van der Waals surface area contributed by atoms with Gasteiger partial charge in [-0.1, -0.05) is 83.6 Å². The van der Waals surface area contributed by atoms with Gasteiger partial charge in [0.2, 0.25) is 15.9 Å². The standard InChI is InChI=1S/C27H37N5O3S2/c1-8-31(9-2)37(34,35)21-13-10-12-20(16-21)26-29-30-27(36-19(7)25(28)33)32(26)24-22(17(3)4)14-11-15-23(24)18(5)6/h10-19H,8-9H2,1-7H3,(H2,28,33). The molecule has 0 spiro atoms. The number of hydrogen-bond acceptors (Lipinski definition) is 6. The quantitative estimate of drug-likeness (QED) is 0.334.